The highest BCUT2D eigenvalue weighted by molar-refractivity contribution is 6.22. The van der Waals surface area contributed by atoms with Crippen LogP contribution in [0, 0.1) is 17.7 Å². The van der Waals surface area contributed by atoms with Crippen LogP contribution in [0.1, 0.15) is 31.1 Å². The van der Waals surface area contributed by atoms with Gasteiger partial charge >= 0.3 is 5.97 Å². The molecule has 5 heteroatoms. The molecule has 4 nitrogen and oxygen atoms in total. The second-order valence-electron chi connectivity index (χ2n) is 4.61. The second-order valence-corrected chi connectivity index (χ2v) is 4.61. The minimum absolute atomic E-state index is 0.0808. The van der Waals surface area contributed by atoms with Gasteiger partial charge in [0.25, 0.3) is 0 Å². The molecule has 0 fully saturated rings. The molecule has 0 heterocycles. The molecule has 108 valence electrons. The van der Waals surface area contributed by atoms with Gasteiger partial charge < -0.3 is 4.74 Å². The van der Waals surface area contributed by atoms with Crippen LogP contribution < -0.4 is 0 Å². The fourth-order valence-corrected chi connectivity index (χ4v) is 1.69. The predicted molar refractivity (Wildman–Crippen MR) is 70.7 cm³/mol. The molecule has 1 unspecified atom stereocenters. The summed E-state index contributed by atoms with van der Waals surface area (Å²) in [6, 6.07) is 4.71. The SMILES string of the molecule is CCOC(=O)C(C(=O)c1ccc(F)cc1)C(=O)C(C)C. The van der Waals surface area contributed by atoms with Crippen molar-refractivity contribution in [1.82, 2.24) is 0 Å². The normalized spacial score (nSPS) is 12.1. The molecule has 0 saturated heterocycles. The number of Topliss-reactive ketones (excluding diaryl/α,β-unsaturated/α-hetero) is 2. The van der Waals surface area contributed by atoms with Crippen molar-refractivity contribution < 1.29 is 23.5 Å². The Morgan fingerprint density at radius 2 is 1.70 bits per heavy atom. The van der Waals surface area contributed by atoms with Gasteiger partial charge in [-0.1, -0.05) is 13.8 Å². The number of rotatable bonds is 6. The smallest absolute Gasteiger partial charge is 0.324 e. The Hall–Kier alpha value is -2.04. The quantitative estimate of drug-likeness (QED) is 0.456. The zero-order valence-corrected chi connectivity index (χ0v) is 11.7. The number of carbonyl (C=O) groups is 3. The van der Waals surface area contributed by atoms with E-state index in [1.54, 1.807) is 20.8 Å². The van der Waals surface area contributed by atoms with E-state index >= 15 is 0 Å². The summed E-state index contributed by atoms with van der Waals surface area (Å²) in [4.78, 5) is 36.2. The fraction of sp³-hybridized carbons (Fsp3) is 0.400. The summed E-state index contributed by atoms with van der Waals surface area (Å²) < 4.78 is 17.6. The highest BCUT2D eigenvalue weighted by atomic mass is 19.1. The third-order valence-electron chi connectivity index (χ3n) is 2.77. The van der Waals surface area contributed by atoms with Gasteiger partial charge in [0, 0.05) is 11.5 Å². The van der Waals surface area contributed by atoms with Crippen LogP contribution in [-0.2, 0) is 14.3 Å². The van der Waals surface area contributed by atoms with Crippen molar-refractivity contribution in [3.8, 4) is 0 Å². The van der Waals surface area contributed by atoms with E-state index in [9.17, 15) is 18.8 Å². The molecule has 0 spiro atoms. The van der Waals surface area contributed by atoms with Gasteiger partial charge in [-0.3, -0.25) is 14.4 Å². The molecule has 0 aromatic heterocycles. The van der Waals surface area contributed by atoms with Gasteiger partial charge in [0.1, 0.15) is 5.82 Å². The second kappa shape index (κ2) is 6.93. The first-order valence-corrected chi connectivity index (χ1v) is 6.38. The Morgan fingerprint density at radius 3 is 2.15 bits per heavy atom. The van der Waals surface area contributed by atoms with E-state index in [1.807, 2.05) is 0 Å². The number of hydrogen-bond donors (Lipinski definition) is 0. The third-order valence-corrected chi connectivity index (χ3v) is 2.77. The summed E-state index contributed by atoms with van der Waals surface area (Å²) in [6.07, 6.45) is 0. The number of benzene rings is 1. The highest BCUT2D eigenvalue weighted by Crippen LogP contribution is 2.17. The monoisotopic (exact) mass is 280 g/mol. The topological polar surface area (TPSA) is 60.4 Å². The minimum Gasteiger partial charge on any atom is -0.465 e. The van der Waals surface area contributed by atoms with Crippen LogP contribution in [0.5, 0.6) is 0 Å². The van der Waals surface area contributed by atoms with Gasteiger partial charge in [-0.2, -0.15) is 0 Å². The van der Waals surface area contributed by atoms with Crippen LogP contribution in [0.2, 0.25) is 0 Å². The number of carbonyl (C=O) groups excluding carboxylic acids is 3. The lowest BCUT2D eigenvalue weighted by Crippen LogP contribution is -2.36. The molecule has 0 aliphatic carbocycles. The number of ether oxygens (including phenoxy) is 1. The summed E-state index contributed by atoms with van der Waals surface area (Å²) in [6.45, 7) is 4.88. The van der Waals surface area contributed by atoms with Crippen molar-refractivity contribution >= 4 is 17.5 Å². The zero-order valence-electron chi connectivity index (χ0n) is 11.7. The lowest BCUT2D eigenvalue weighted by atomic mass is 9.88. The maximum Gasteiger partial charge on any atom is 0.324 e. The molecular formula is C15H17FO4. The molecular weight excluding hydrogens is 263 g/mol. The Bertz CT molecular complexity index is 505. The summed E-state index contributed by atoms with van der Waals surface area (Å²) >= 11 is 0. The average molecular weight is 280 g/mol. The van der Waals surface area contributed by atoms with Crippen molar-refractivity contribution in [2.24, 2.45) is 11.8 Å². The van der Waals surface area contributed by atoms with Crippen molar-refractivity contribution in [3.63, 3.8) is 0 Å². The predicted octanol–water partition coefficient (Wildman–Crippen LogP) is 2.41. The Kier molecular flexibility index (Phi) is 5.55. The van der Waals surface area contributed by atoms with Crippen LogP contribution in [0.15, 0.2) is 24.3 Å². The number of halogens is 1. The van der Waals surface area contributed by atoms with Crippen molar-refractivity contribution in [2.45, 2.75) is 20.8 Å². The van der Waals surface area contributed by atoms with Crippen molar-refractivity contribution in [1.29, 1.82) is 0 Å². The lowest BCUT2D eigenvalue weighted by molar-refractivity contribution is -0.150. The van der Waals surface area contributed by atoms with E-state index in [2.05, 4.69) is 0 Å². The molecule has 1 rings (SSSR count). The number of hydrogen-bond acceptors (Lipinski definition) is 4. The Labute approximate surface area is 116 Å². The summed E-state index contributed by atoms with van der Waals surface area (Å²) in [7, 11) is 0. The van der Waals surface area contributed by atoms with Crippen LogP contribution >= 0.6 is 0 Å². The van der Waals surface area contributed by atoms with Crippen LogP contribution in [-0.4, -0.2) is 24.1 Å². The molecule has 0 aliphatic heterocycles. The molecule has 0 saturated carbocycles. The lowest BCUT2D eigenvalue weighted by Gasteiger charge is -2.15. The van der Waals surface area contributed by atoms with Gasteiger partial charge in [-0.25, -0.2) is 4.39 Å². The molecule has 0 bridgehead atoms. The Balaban J connectivity index is 3.09. The first kappa shape index (κ1) is 16.0. The summed E-state index contributed by atoms with van der Waals surface area (Å²) in [5.41, 5.74) is 0.110. The molecule has 20 heavy (non-hydrogen) atoms. The number of ketones is 2. The molecule has 0 aliphatic rings. The van der Waals surface area contributed by atoms with E-state index in [4.69, 9.17) is 4.74 Å². The van der Waals surface area contributed by atoms with Crippen LogP contribution in [0.4, 0.5) is 4.39 Å². The molecule has 1 atom stereocenters. The zero-order chi connectivity index (χ0) is 15.3. The molecule has 0 N–H and O–H groups in total. The van der Waals surface area contributed by atoms with Crippen molar-refractivity contribution in [2.75, 3.05) is 6.61 Å². The van der Waals surface area contributed by atoms with E-state index in [-0.39, 0.29) is 12.2 Å². The van der Waals surface area contributed by atoms with Gasteiger partial charge in [-0.05, 0) is 31.2 Å². The minimum atomic E-state index is -1.49. The van der Waals surface area contributed by atoms with Crippen molar-refractivity contribution in [3.05, 3.63) is 35.6 Å². The van der Waals surface area contributed by atoms with Gasteiger partial charge in [0.15, 0.2) is 17.5 Å². The van der Waals surface area contributed by atoms with Gasteiger partial charge in [0.05, 0.1) is 6.61 Å². The van der Waals surface area contributed by atoms with Crippen LogP contribution in [0.25, 0.3) is 0 Å². The highest BCUT2D eigenvalue weighted by Gasteiger charge is 2.36. The molecule has 0 amide bonds. The van der Waals surface area contributed by atoms with Gasteiger partial charge in [-0.15, -0.1) is 0 Å². The number of esters is 1. The van der Waals surface area contributed by atoms with E-state index in [0.29, 0.717) is 0 Å². The van der Waals surface area contributed by atoms with Gasteiger partial charge in [0.2, 0.25) is 0 Å². The first-order chi connectivity index (χ1) is 9.38. The molecule has 1 aromatic rings. The third kappa shape index (κ3) is 3.73. The Morgan fingerprint density at radius 1 is 1.15 bits per heavy atom. The summed E-state index contributed by atoms with van der Waals surface area (Å²) in [5, 5.41) is 0. The molecule has 0 radical (unpaired) electrons. The van der Waals surface area contributed by atoms with E-state index in [0.717, 1.165) is 12.1 Å². The van der Waals surface area contributed by atoms with E-state index in [1.165, 1.54) is 12.1 Å². The van der Waals surface area contributed by atoms with E-state index < -0.39 is 35.2 Å². The largest absolute Gasteiger partial charge is 0.465 e. The maximum atomic E-state index is 12.8. The standard InChI is InChI=1S/C15H17FO4/c1-4-20-15(19)12(13(17)9(2)3)14(18)10-5-7-11(16)8-6-10/h5-9,12H,4H2,1-3H3. The maximum absolute atomic E-state index is 12.8. The summed E-state index contributed by atoms with van der Waals surface area (Å²) in [5.74, 6) is -4.49. The molecule has 1 aromatic carbocycles. The fourth-order valence-electron chi connectivity index (χ4n) is 1.69. The van der Waals surface area contributed by atoms with Crippen LogP contribution in [0.3, 0.4) is 0 Å². The first-order valence-electron chi connectivity index (χ1n) is 6.38. The average Bonchev–Trinajstić information content (AvgIpc) is 2.39.